The summed E-state index contributed by atoms with van der Waals surface area (Å²) in [6.07, 6.45) is 4.72. The highest BCUT2D eigenvalue weighted by molar-refractivity contribution is 7.17. The van der Waals surface area contributed by atoms with Gasteiger partial charge in [0.25, 0.3) is 11.8 Å². The maximum atomic E-state index is 12.9. The number of rotatable bonds is 4. The number of fused-ring (bicyclic) bond motifs is 1. The van der Waals surface area contributed by atoms with Crippen molar-refractivity contribution in [3.63, 3.8) is 0 Å². The average Bonchev–Trinajstić information content (AvgIpc) is 3.45. The molecule has 0 spiro atoms. The van der Waals surface area contributed by atoms with Gasteiger partial charge >= 0.3 is 0 Å². The van der Waals surface area contributed by atoms with Crippen molar-refractivity contribution >= 4 is 34.3 Å². The number of likely N-dealkylation sites (tertiary alicyclic amines) is 1. The van der Waals surface area contributed by atoms with Gasteiger partial charge in [-0.25, -0.2) is 9.97 Å². The van der Waals surface area contributed by atoms with Crippen molar-refractivity contribution in [2.24, 2.45) is 11.3 Å². The largest absolute Gasteiger partial charge is 0.349 e. The van der Waals surface area contributed by atoms with Gasteiger partial charge in [-0.3, -0.25) is 9.59 Å². The van der Waals surface area contributed by atoms with Crippen LogP contribution in [0.2, 0.25) is 0 Å². The van der Waals surface area contributed by atoms with Crippen LogP contribution in [0.25, 0.3) is 21.7 Å². The summed E-state index contributed by atoms with van der Waals surface area (Å²) in [5.41, 5.74) is 2.05. The number of aromatic amines is 1. The highest BCUT2D eigenvalue weighted by Gasteiger charge is 2.26. The molecule has 4 heterocycles. The summed E-state index contributed by atoms with van der Waals surface area (Å²) < 4.78 is 0. The van der Waals surface area contributed by atoms with Crippen molar-refractivity contribution < 1.29 is 9.59 Å². The van der Waals surface area contributed by atoms with E-state index >= 15 is 0 Å². The summed E-state index contributed by atoms with van der Waals surface area (Å²) in [5.74, 6) is -0.179. The fourth-order valence-electron chi connectivity index (χ4n) is 3.63. The highest BCUT2D eigenvalue weighted by Crippen LogP contribution is 2.30. The van der Waals surface area contributed by atoms with Crippen molar-refractivity contribution in [1.29, 1.82) is 5.26 Å². The molecule has 33 heavy (non-hydrogen) atoms. The number of hydrogen-bond donors (Lipinski definition) is 2. The topological polar surface area (TPSA) is 115 Å². The van der Waals surface area contributed by atoms with E-state index in [-0.39, 0.29) is 29.2 Å². The molecule has 2 amide bonds. The van der Waals surface area contributed by atoms with Crippen LogP contribution < -0.4 is 5.32 Å². The number of H-pyrrole nitrogens is 1. The van der Waals surface area contributed by atoms with Crippen LogP contribution >= 0.6 is 11.3 Å². The highest BCUT2D eigenvalue weighted by atomic mass is 32.1. The molecule has 0 unspecified atom stereocenters. The zero-order valence-corrected chi connectivity index (χ0v) is 20.1. The van der Waals surface area contributed by atoms with E-state index in [9.17, 15) is 9.59 Å². The Morgan fingerprint density at radius 2 is 2.03 bits per heavy atom. The Balaban J connectivity index is 1.54. The van der Waals surface area contributed by atoms with Crippen molar-refractivity contribution in [1.82, 2.24) is 25.2 Å². The number of amides is 2. The Kier molecular flexibility index (Phi) is 6.21. The maximum Gasteiger partial charge on any atom is 0.263 e. The Morgan fingerprint density at radius 3 is 2.70 bits per heavy atom. The van der Waals surface area contributed by atoms with Gasteiger partial charge in [-0.2, -0.15) is 5.26 Å². The Morgan fingerprint density at radius 1 is 1.30 bits per heavy atom. The minimum Gasteiger partial charge on any atom is -0.349 e. The number of aromatic nitrogens is 3. The number of thiophene rings is 1. The summed E-state index contributed by atoms with van der Waals surface area (Å²) in [7, 11) is 0. The van der Waals surface area contributed by atoms with Gasteiger partial charge in [0, 0.05) is 31.2 Å². The smallest absolute Gasteiger partial charge is 0.263 e. The number of piperidine rings is 1. The molecule has 0 aromatic carbocycles. The monoisotopic (exact) mass is 464 g/mol. The molecule has 4 rings (SSSR count). The van der Waals surface area contributed by atoms with Crippen molar-refractivity contribution in [2.45, 2.75) is 46.6 Å². The Labute approximate surface area is 197 Å². The Bertz CT molecular complexity index is 1220. The van der Waals surface area contributed by atoms with E-state index in [1.54, 1.807) is 18.5 Å². The van der Waals surface area contributed by atoms with Gasteiger partial charge in [0.2, 0.25) is 0 Å². The van der Waals surface area contributed by atoms with E-state index in [1.807, 2.05) is 17.9 Å². The average molecular weight is 465 g/mol. The lowest BCUT2D eigenvalue weighted by Gasteiger charge is -2.28. The normalized spacial score (nSPS) is 15.9. The summed E-state index contributed by atoms with van der Waals surface area (Å²) in [6, 6.07) is 5.94. The maximum absolute atomic E-state index is 12.9. The van der Waals surface area contributed by atoms with Gasteiger partial charge in [0.05, 0.1) is 33.3 Å². The number of hydrogen-bond acceptors (Lipinski definition) is 6. The molecule has 3 aromatic heterocycles. The van der Waals surface area contributed by atoms with Gasteiger partial charge in [0.15, 0.2) is 5.65 Å². The lowest BCUT2D eigenvalue weighted by molar-refractivity contribution is 0.0712. The third kappa shape index (κ3) is 4.76. The molecule has 3 aromatic rings. The second kappa shape index (κ2) is 8.94. The van der Waals surface area contributed by atoms with Gasteiger partial charge in [-0.15, -0.1) is 11.3 Å². The third-order valence-corrected chi connectivity index (χ3v) is 7.40. The molecule has 1 aliphatic heterocycles. The third-order valence-electron chi connectivity index (χ3n) is 6.31. The first-order chi connectivity index (χ1) is 15.7. The van der Waals surface area contributed by atoms with Crippen LogP contribution in [-0.4, -0.2) is 50.8 Å². The first-order valence-corrected chi connectivity index (χ1v) is 11.9. The standard InChI is InChI=1S/C24H28N6O2S/c1-14(24(2,3)4)28-22(31)16-12-26-21-20(16)29-17(13-27-21)18-5-6-19(33-18)23(32)30-9-7-15(11-25)8-10-30/h5-6,12-15H,7-10H2,1-4H3,(H,26,27)(H,28,31)/t14-/m0/s1. The van der Waals surface area contributed by atoms with Crippen molar-refractivity contribution in [3.05, 3.63) is 35.0 Å². The molecular weight excluding hydrogens is 436 g/mol. The van der Waals surface area contributed by atoms with Crippen molar-refractivity contribution in [3.8, 4) is 16.6 Å². The summed E-state index contributed by atoms with van der Waals surface area (Å²) >= 11 is 1.36. The number of carbonyl (C=O) groups is 2. The molecule has 1 fully saturated rings. The van der Waals surface area contributed by atoms with E-state index < -0.39 is 0 Å². The van der Waals surface area contributed by atoms with Crippen molar-refractivity contribution in [2.75, 3.05) is 13.1 Å². The predicted octanol–water partition coefficient (Wildman–Crippen LogP) is 4.23. The number of carbonyl (C=O) groups excluding carboxylic acids is 2. The first-order valence-electron chi connectivity index (χ1n) is 11.1. The number of nitriles is 1. The van der Waals surface area contributed by atoms with Gasteiger partial charge in [0.1, 0.15) is 5.52 Å². The van der Waals surface area contributed by atoms with Crippen LogP contribution in [0.15, 0.2) is 24.5 Å². The summed E-state index contributed by atoms with van der Waals surface area (Å²) in [6.45, 7) is 9.41. The fraction of sp³-hybridized carbons (Fsp3) is 0.458. The summed E-state index contributed by atoms with van der Waals surface area (Å²) in [4.78, 5) is 41.2. The summed E-state index contributed by atoms with van der Waals surface area (Å²) in [5, 5.41) is 12.1. The van der Waals surface area contributed by atoms with Crippen LogP contribution in [-0.2, 0) is 0 Å². The molecule has 0 radical (unpaired) electrons. The SMILES string of the molecule is C[C@H](NC(=O)c1c[nH]c2ncc(-c3ccc(C(=O)N4CCC(C#N)CC4)s3)nc12)C(C)(C)C. The molecule has 1 saturated heterocycles. The quantitative estimate of drug-likeness (QED) is 0.600. The molecular formula is C24H28N6O2S. The minimum atomic E-state index is -0.196. The van der Waals surface area contributed by atoms with Gasteiger partial charge in [-0.05, 0) is 37.3 Å². The van der Waals surface area contributed by atoms with Gasteiger partial charge < -0.3 is 15.2 Å². The number of nitrogens with one attached hydrogen (secondary N) is 2. The first kappa shape index (κ1) is 22.9. The zero-order chi connectivity index (χ0) is 23.8. The molecule has 9 heteroatoms. The number of nitrogens with zero attached hydrogens (tertiary/aromatic N) is 4. The van der Waals surface area contributed by atoms with Gasteiger partial charge in [-0.1, -0.05) is 20.8 Å². The van der Waals surface area contributed by atoms with E-state index in [2.05, 4.69) is 42.1 Å². The van der Waals surface area contributed by atoms with Crippen LogP contribution in [0, 0.1) is 22.7 Å². The molecule has 1 aliphatic rings. The molecule has 0 aliphatic carbocycles. The second-order valence-electron chi connectivity index (χ2n) is 9.58. The van der Waals surface area contributed by atoms with Crippen LogP contribution in [0.5, 0.6) is 0 Å². The second-order valence-corrected chi connectivity index (χ2v) is 10.7. The lowest BCUT2D eigenvalue weighted by atomic mass is 9.88. The molecule has 172 valence electrons. The zero-order valence-electron chi connectivity index (χ0n) is 19.3. The lowest BCUT2D eigenvalue weighted by Crippen LogP contribution is -2.41. The molecule has 2 N–H and O–H groups in total. The molecule has 8 nitrogen and oxygen atoms in total. The van der Waals surface area contributed by atoms with Crippen LogP contribution in [0.3, 0.4) is 0 Å². The fourth-order valence-corrected chi connectivity index (χ4v) is 4.56. The molecule has 0 saturated carbocycles. The molecule has 0 bridgehead atoms. The van der Waals surface area contributed by atoms with E-state index in [1.165, 1.54) is 11.3 Å². The van der Waals surface area contributed by atoms with Crippen LogP contribution in [0.4, 0.5) is 0 Å². The molecule has 1 atom stereocenters. The van der Waals surface area contributed by atoms with E-state index in [0.29, 0.717) is 40.4 Å². The van der Waals surface area contributed by atoms with E-state index in [4.69, 9.17) is 10.2 Å². The Hall–Kier alpha value is -3.25. The van der Waals surface area contributed by atoms with E-state index in [0.717, 1.165) is 17.7 Å². The van der Waals surface area contributed by atoms with Crippen LogP contribution in [0.1, 0.15) is 60.6 Å². The predicted molar refractivity (Wildman–Crippen MR) is 128 cm³/mol. The minimum absolute atomic E-state index is 0.0183.